The summed E-state index contributed by atoms with van der Waals surface area (Å²) in [5.41, 5.74) is 21.9. The minimum atomic E-state index is -5.08. The van der Waals surface area contributed by atoms with Crippen LogP contribution in [0.3, 0.4) is 0 Å². The molecule has 14 aromatic rings. The van der Waals surface area contributed by atoms with Crippen molar-refractivity contribution in [2.24, 2.45) is 0 Å². The van der Waals surface area contributed by atoms with Gasteiger partial charge in [-0.25, -0.2) is 39.9 Å². The maximum Gasteiger partial charge on any atom is 0.450 e. The number of carboxylic acids is 2. The van der Waals surface area contributed by atoms with Crippen LogP contribution in [-0.4, -0.2) is 172 Å². The Morgan fingerprint density at radius 3 is 0.893 bits per heavy atom. The molecule has 16 N–H and O–H groups in total. The van der Waals surface area contributed by atoms with Crippen LogP contribution in [-0.2, 0) is 65.7 Å². The molecule has 0 bridgehead atoms. The van der Waals surface area contributed by atoms with Gasteiger partial charge in [-0.05, 0) is 121 Å². The monoisotopic (exact) mass is 2100 g/mol. The SMILES string of the molecule is Nc1cc(-c2nc(-c3ccccc3)n(/C=C/[C@@H](O)C[C@@H](O)CC(=O)O)c2-c2cccc(C(F)(F)F)c2)ccn1.Nc1cc(-c2nc(-c3ccccc3)n(/C=C/[C@@H]3C[C@@H](O)CC(=O)O3)c2-c2cccc(C(F)(F)F)c2)ccn1.Nc1cc(-c2nc(C(F)(F)F)n(/C=C/[C@@H](O)C[C@@H](O)CC(=O)O)c2-c2cccc(C(F)(F)F)c2)ccn1.Nc1cc(-c2nc(C(F)(F)F)n(/C=C/[C@@H]3C[C@@H](O)CC(=O)O3)c2-c2cccc(C(F)(F)F)c2)ccn1. The van der Waals surface area contributed by atoms with Crippen LogP contribution in [0.4, 0.5) is 102 Å². The van der Waals surface area contributed by atoms with Crippen LogP contribution < -0.4 is 22.9 Å². The average molecular weight is 2100 g/mol. The first kappa shape index (κ1) is 111. The largest absolute Gasteiger partial charge is 0.481 e. The van der Waals surface area contributed by atoms with Crippen LogP contribution in [0.2, 0.25) is 0 Å². The van der Waals surface area contributed by atoms with Crippen molar-refractivity contribution in [1.82, 2.24) is 58.1 Å². The van der Waals surface area contributed by atoms with E-state index >= 15 is 0 Å². The number of benzene rings is 6. The zero-order valence-corrected chi connectivity index (χ0v) is 77.3. The van der Waals surface area contributed by atoms with Gasteiger partial charge in [0.1, 0.15) is 47.1 Å². The first-order valence-corrected chi connectivity index (χ1v) is 44.7. The number of aliphatic carboxylic acids is 2. The predicted octanol–water partition coefficient (Wildman–Crippen LogP) is 19.4. The molecule has 0 aliphatic carbocycles. The number of ether oxygens (including phenoxy) is 2. The maximum absolute atomic E-state index is 14.1. The van der Waals surface area contributed by atoms with Gasteiger partial charge in [0.15, 0.2) is 0 Å². The fraction of sp³-hybridized carbons (Fsp3) is 0.216. The minimum Gasteiger partial charge on any atom is -0.481 e. The summed E-state index contributed by atoms with van der Waals surface area (Å²) in [6.45, 7) is 0. The predicted molar refractivity (Wildman–Crippen MR) is 511 cm³/mol. The van der Waals surface area contributed by atoms with E-state index in [0.717, 1.165) is 79.1 Å². The number of carbonyl (C=O) groups is 4. The van der Waals surface area contributed by atoms with Gasteiger partial charge >= 0.3 is 60.9 Å². The number of pyridine rings is 4. The van der Waals surface area contributed by atoms with E-state index in [1.54, 1.807) is 82.1 Å². The van der Waals surface area contributed by atoms with Crippen molar-refractivity contribution in [2.45, 2.75) is 137 Å². The molecule has 0 amide bonds. The van der Waals surface area contributed by atoms with E-state index in [1.165, 1.54) is 85.6 Å². The second-order valence-corrected chi connectivity index (χ2v) is 33.6. The van der Waals surface area contributed by atoms with Crippen LogP contribution in [0.1, 0.15) is 85.3 Å². The van der Waals surface area contributed by atoms with Gasteiger partial charge in [0.2, 0.25) is 11.6 Å². The van der Waals surface area contributed by atoms with E-state index < -0.39 is 169 Å². The zero-order chi connectivity index (χ0) is 109. The first-order chi connectivity index (χ1) is 70.7. The molecule has 0 saturated carbocycles. The number of hydrogen-bond donors (Lipinski definition) is 12. The number of cyclic esters (lactones) is 2. The number of esters is 2. The van der Waals surface area contributed by atoms with Crippen molar-refractivity contribution in [3.63, 3.8) is 0 Å². The molecule has 0 spiro atoms. The summed E-state index contributed by atoms with van der Waals surface area (Å²) in [5.74, 6) is -5.67. The molecule has 30 nitrogen and oxygen atoms in total. The van der Waals surface area contributed by atoms with Crippen molar-refractivity contribution < 1.29 is 149 Å². The lowest BCUT2D eigenvalue weighted by Crippen LogP contribution is -2.31. The summed E-state index contributed by atoms with van der Waals surface area (Å²) in [6, 6.07) is 46.7. The molecule has 150 heavy (non-hydrogen) atoms. The normalized spacial score (nSPS) is 16.1. The number of halogens is 18. The minimum absolute atomic E-state index is 0.0370. The average Bonchev–Trinajstić information content (AvgIpc) is 1.61. The smallest absolute Gasteiger partial charge is 0.450 e. The van der Waals surface area contributed by atoms with Gasteiger partial charge in [-0.1, -0.05) is 109 Å². The van der Waals surface area contributed by atoms with Crippen molar-refractivity contribution in [1.29, 1.82) is 0 Å². The van der Waals surface area contributed by atoms with E-state index in [4.69, 9.17) is 52.6 Å². The van der Waals surface area contributed by atoms with E-state index in [1.807, 2.05) is 30.3 Å². The Hall–Kier alpha value is -16.7. The van der Waals surface area contributed by atoms with Crippen LogP contribution in [0.5, 0.6) is 0 Å². The van der Waals surface area contributed by atoms with Crippen molar-refractivity contribution in [2.75, 3.05) is 22.9 Å². The number of carbonyl (C=O) groups excluding carboxylic acids is 2. The molecule has 2 saturated heterocycles. The number of aromatic nitrogens is 12. The third-order valence-corrected chi connectivity index (χ3v) is 22.3. The summed E-state index contributed by atoms with van der Waals surface area (Å²) >= 11 is 0. The number of carboxylic acid groups (broad SMARTS) is 2. The van der Waals surface area contributed by atoms with Crippen LogP contribution in [0.25, 0.3) is 138 Å². The van der Waals surface area contributed by atoms with Gasteiger partial charge < -0.3 is 73.3 Å². The Balaban J connectivity index is 0.000000167. The lowest BCUT2D eigenvalue weighted by atomic mass is 10.0. The Labute approximate surface area is 837 Å². The summed E-state index contributed by atoms with van der Waals surface area (Å²) < 4.78 is 261. The van der Waals surface area contributed by atoms with Crippen molar-refractivity contribution in [3.05, 3.63) is 289 Å². The molecule has 6 aromatic carbocycles. The Kier molecular flexibility index (Phi) is 34.3. The topological polar surface area (TPSA) is 476 Å². The molecule has 2 aliphatic heterocycles. The van der Waals surface area contributed by atoms with Gasteiger partial charge in [-0.3, -0.25) is 37.4 Å². The quantitative estimate of drug-likeness (QED) is 0.0177. The number of aliphatic hydroxyl groups is 6. The third kappa shape index (κ3) is 28.6. The number of alkyl halides is 18. The van der Waals surface area contributed by atoms with E-state index in [0.29, 0.717) is 77.9 Å². The van der Waals surface area contributed by atoms with Gasteiger partial charge in [-0.15, -0.1) is 0 Å². The highest BCUT2D eigenvalue weighted by atomic mass is 19.4. The van der Waals surface area contributed by atoms with Gasteiger partial charge in [0.25, 0.3) is 0 Å². The number of hydrogen-bond acceptors (Lipinski definition) is 24. The number of imidazole rings is 4. The van der Waals surface area contributed by atoms with Crippen molar-refractivity contribution in [3.8, 4) is 113 Å². The maximum atomic E-state index is 14.1. The number of nitrogens with two attached hydrogens (primary N) is 4. The molecule has 2 fully saturated rings. The van der Waals surface area contributed by atoms with Crippen LogP contribution in [0.15, 0.2) is 255 Å². The first-order valence-electron chi connectivity index (χ1n) is 44.7. The molecule has 16 rings (SSSR count). The summed E-state index contributed by atoms with van der Waals surface area (Å²) in [4.78, 5) is 77.6. The molecular formula is C102H86F18N16O14. The molecule has 2 aliphatic rings. The van der Waals surface area contributed by atoms with Crippen LogP contribution in [0, 0.1) is 0 Å². The van der Waals surface area contributed by atoms with Gasteiger partial charge in [0, 0.05) is 131 Å². The lowest BCUT2D eigenvalue weighted by molar-refractivity contribution is -0.157. The second kappa shape index (κ2) is 46.6. The highest BCUT2D eigenvalue weighted by molar-refractivity contribution is 5.89. The molecule has 0 unspecified atom stereocenters. The second-order valence-electron chi connectivity index (χ2n) is 33.6. The molecular weight excluding hydrogens is 2020 g/mol. The molecule has 48 heteroatoms. The Morgan fingerprint density at radius 2 is 0.613 bits per heavy atom. The Bertz CT molecular complexity index is 7310. The summed E-state index contributed by atoms with van der Waals surface area (Å²) in [6.07, 6.45) is -25.4. The Morgan fingerprint density at radius 1 is 0.347 bits per heavy atom. The van der Waals surface area contributed by atoms with Crippen LogP contribution >= 0.6 is 0 Å². The van der Waals surface area contributed by atoms with E-state index in [9.17, 15) is 129 Å². The highest BCUT2D eigenvalue weighted by Crippen LogP contribution is 2.48. The molecule has 0 radical (unpaired) electrons. The summed E-state index contributed by atoms with van der Waals surface area (Å²) in [7, 11) is 0. The third-order valence-electron chi connectivity index (χ3n) is 22.3. The molecule has 784 valence electrons. The van der Waals surface area contributed by atoms with Gasteiger partial charge in [0.05, 0.1) is 130 Å². The zero-order valence-electron chi connectivity index (χ0n) is 77.3. The lowest BCUT2D eigenvalue weighted by Gasteiger charge is -2.23. The number of nitrogens with zero attached hydrogens (tertiary/aromatic N) is 12. The number of rotatable bonds is 26. The molecule has 8 aromatic heterocycles. The van der Waals surface area contributed by atoms with Crippen molar-refractivity contribution >= 4 is 71.9 Å². The standard InChI is InChI=1S/C28H25F3N4O4.C28H23F3N4O3.C23H20F6N4O4.C23H18F6N4O3/c29-28(30,31)20-8-4-7-19(13-20)26-25(18-9-11-33-23(32)14-18)34-27(17-5-2-1-3-6-17)35(26)12-10-21(36)15-22(37)16-24(38)39;29-28(30,31)20-8-4-7-19(13-20)26-25(18-9-11-33-23(32)14-18)34-27(17-5-2-1-3-6-17)35(26)12-10-22-15-21(36)16-24(37)38-22;24-22(25,26)14-3-1-2-13(8-14)20-19(12-4-6-31-17(30)9-12)32-21(23(27,28)29)33(20)7-5-15(34)10-16(35)11-18(36)37;24-22(25,26)14-3-1-2-13(8-14)20-19(12-4-6-31-17(30)9-12)32-21(23(27,28)29)33(20)7-5-16-10-15(34)11-18(35)36-16/h1-14,21-22,36-37H,15-16H2,(H2,32,33)(H,38,39);1-14,21-22,36H,15-16H2,(H2,32,33);1-9,15-16,34-35H,10-11H2,(H2,30,31)(H,36,37);1-9,15-16,34H,10-11H2,(H2,30,31)/b2*12-10+;2*7-5+/t2*21-,22-;2*15-,16-/m1111/s1. The highest BCUT2D eigenvalue weighted by Gasteiger charge is 2.44. The number of aliphatic hydroxyl groups excluding tert-OH is 6. The number of nitrogen functional groups attached to an aromatic ring is 4. The summed E-state index contributed by atoms with van der Waals surface area (Å²) in [5, 5.41) is 77.6. The number of anilines is 4. The van der Waals surface area contributed by atoms with E-state index in [-0.39, 0.29) is 106 Å². The molecule has 8 atom stereocenters. The fourth-order valence-corrected chi connectivity index (χ4v) is 15.8. The van der Waals surface area contributed by atoms with Gasteiger partial charge in [-0.2, -0.15) is 79.0 Å². The molecule has 10 heterocycles. The van der Waals surface area contributed by atoms with E-state index in [2.05, 4.69) is 29.9 Å². The fourth-order valence-electron chi connectivity index (χ4n) is 15.8.